The van der Waals surface area contributed by atoms with Crippen LogP contribution in [0.3, 0.4) is 0 Å². The van der Waals surface area contributed by atoms with Crippen molar-refractivity contribution in [1.29, 1.82) is 0 Å². The summed E-state index contributed by atoms with van der Waals surface area (Å²) in [6, 6.07) is 8.84. The number of benzene rings is 2. The van der Waals surface area contributed by atoms with E-state index in [1.165, 1.54) is 23.5 Å². The van der Waals surface area contributed by atoms with Crippen LogP contribution < -0.4 is 14.2 Å². The molecule has 15 heteroatoms. The smallest absolute Gasteiger partial charge is 0.240 e. The van der Waals surface area contributed by atoms with Gasteiger partial charge in [-0.2, -0.15) is 4.98 Å². The van der Waals surface area contributed by atoms with Gasteiger partial charge in [-0.25, -0.2) is 22.8 Å². The van der Waals surface area contributed by atoms with Crippen LogP contribution in [0, 0.1) is 30.0 Å². The van der Waals surface area contributed by atoms with E-state index in [1.807, 2.05) is 30.5 Å². The molecule has 7 rings (SSSR count). The summed E-state index contributed by atoms with van der Waals surface area (Å²) in [5.41, 5.74) is 1.62. The standard InChI is InChI=1S/C48H58FN5O7S2/c1-8-10-11-12-13-16-32(22-31-15-14-17-34(49)23-31)45(56)54-27-35(24-38(54)39(55)26-48(25-33(48)9-2)46(57)53-63(58,59)47(6)20-21-47)61-43-36-18-19-40(60-7)30(5)41(36)51-42(52-43)44-50-37(28-62-44)29(3)4/h8-9,14-15,17-19,23,28-29,32-33,35,38H,1-2,10-13,16,20-22,24-27H2,3-7H3,(H,53,57)/t32-,33-,35-,38+,48-/m1/s1. The molecule has 1 saturated heterocycles. The second kappa shape index (κ2) is 18.6. The second-order valence-electron chi connectivity index (χ2n) is 18.0. The molecule has 2 amide bonds. The molecule has 0 radical (unpaired) electrons. The molecule has 0 unspecified atom stereocenters. The first kappa shape index (κ1) is 46.0. The van der Waals surface area contributed by atoms with Gasteiger partial charge in [-0.05, 0) is 100 Å². The van der Waals surface area contributed by atoms with Crippen LogP contribution in [0.1, 0.15) is 108 Å². The fraction of sp³-hybridized carbons (Fsp3) is 0.500. The molecule has 3 heterocycles. The van der Waals surface area contributed by atoms with Crippen LogP contribution in [0.25, 0.3) is 21.7 Å². The van der Waals surface area contributed by atoms with Gasteiger partial charge in [0, 0.05) is 29.7 Å². The van der Waals surface area contributed by atoms with E-state index in [1.54, 1.807) is 37.1 Å². The Morgan fingerprint density at radius 2 is 1.87 bits per heavy atom. The minimum Gasteiger partial charge on any atom is -0.496 e. The number of Topliss-reactive ketones (excluding diaryl/α,β-unsaturated/α-hetero) is 1. The van der Waals surface area contributed by atoms with Gasteiger partial charge in [-0.15, -0.1) is 24.5 Å². The van der Waals surface area contributed by atoms with E-state index in [-0.39, 0.29) is 55.7 Å². The van der Waals surface area contributed by atoms with Crippen LogP contribution in [-0.4, -0.2) is 76.4 Å². The molecule has 5 atom stereocenters. The third-order valence-corrected chi connectivity index (χ3v) is 16.1. The number of methoxy groups -OCH3 is 1. The number of hydrogen-bond donors (Lipinski definition) is 1. The molecule has 2 aliphatic carbocycles. The van der Waals surface area contributed by atoms with E-state index in [2.05, 4.69) is 31.7 Å². The third-order valence-electron chi connectivity index (χ3n) is 13.1. The highest BCUT2D eigenvalue weighted by molar-refractivity contribution is 7.91. The summed E-state index contributed by atoms with van der Waals surface area (Å²) in [7, 11) is -2.39. The number of allylic oxidation sites excluding steroid dienone is 2. The van der Waals surface area contributed by atoms with Crippen molar-refractivity contribution in [2.75, 3.05) is 13.7 Å². The molecule has 2 aromatic carbocycles. The number of nitrogens with zero attached hydrogens (tertiary/aromatic N) is 4. The molecule has 2 saturated carbocycles. The van der Waals surface area contributed by atoms with Crippen molar-refractivity contribution >= 4 is 49.9 Å². The predicted octanol–water partition coefficient (Wildman–Crippen LogP) is 8.83. The summed E-state index contributed by atoms with van der Waals surface area (Å²) in [6.07, 6.45) is 7.79. The van der Waals surface area contributed by atoms with E-state index in [9.17, 15) is 22.4 Å². The molecule has 3 aliphatic rings. The maximum atomic E-state index is 15.0. The molecular formula is C48H58FN5O7S2. The van der Waals surface area contributed by atoms with E-state index >= 15 is 4.79 Å². The highest BCUT2D eigenvalue weighted by atomic mass is 32.2. The molecule has 1 aliphatic heterocycles. The summed E-state index contributed by atoms with van der Waals surface area (Å²) >= 11 is 1.43. The van der Waals surface area contributed by atoms with Crippen molar-refractivity contribution in [2.45, 2.75) is 121 Å². The summed E-state index contributed by atoms with van der Waals surface area (Å²) in [4.78, 5) is 60.0. The number of carbonyl (C=O) groups excluding carboxylic acids is 3. The number of halogens is 1. The lowest BCUT2D eigenvalue weighted by Crippen LogP contribution is -2.47. The monoisotopic (exact) mass is 899 g/mol. The first-order chi connectivity index (χ1) is 30.0. The van der Waals surface area contributed by atoms with Crippen LogP contribution in [-0.2, 0) is 30.8 Å². The zero-order valence-electron chi connectivity index (χ0n) is 36.8. The third kappa shape index (κ3) is 9.74. The summed E-state index contributed by atoms with van der Waals surface area (Å²) in [5, 5.41) is 3.20. The summed E-state index contributed by atoms with van der Waals surface area (Å²) < 4.78 is 54.6. The molecule has 1 N–H and O–H groups in total. The Bertz CT molecular complexity index is 2520. The Hall–Kier alpha value is -5.02. The maximum absolute atomic E-state index is 15.0. The number of aryl methyl sites for hydroxylation is 1. The number of hydrogen-bond acceptors (Lipinski definition) is 11. The topological polar surface area (TPSA) is 158 Å². The fourth-order valence-electron chi connectivity index (χ4n) is 8.70. The predicted molar refractivity (Wildman–Crippen MR) is 242 cm³/mol. The number of nitrogens with one attached hydrogen (secondary N) is 1. The van der Waals surface area contributed by atoms with E-state index in [4.69, 9.17) is 24.4 Å². The van der Waals surface area contributed by atoms with Gasteiger partial charge < -0.3 is 14.4 Å². The largest absolute Gasteiger partial charge is 0.496 e. The molecule has 0 bridgehead atoms. The minimum atomic E-state index is -3.98. The van der Waals surface area contributed by atoms with Gasteiger partial charge in [0.2, 0.25) is 27.7 Å². The number of carbonyl (C=O) groups is 3. The number of unbranched alkanes of at least 4 members (excludes halogenated alkanes) is 3. The van der Waals surface area contributed by atoms with Gasteiger partial charge in [-0.3, -0.25) is 19.1 Å². The molecular weight excluding hydrogens is 842 g/mol. The normalized spacial score (nSPS) is 21.8. The van der Waals surface area contributed by atoms with Gasteiger partial charge in [0.05, 0.1) is 46.5 Å². The fourth-order valence-corrected chi connectivity index (χ4v) is 10.9. The Morgan fingerprint density at radius 3 is 2.52 bits per heavy atom. The Morgan fingerprint density at radius 1 is 1.10 bits per heavy atom. The quantitative estimate of drug-likeness (QED) is 0.0633. The van der Waals surface area contributed by atoms with Crippen molar-refractivity contribution in [3.8, 4) is 22.5 Å². The van der Waals surface area contributed by atoms with E-state index < -0.39 is 55.9 Å². The highest BCUT2D eigenvalue weighted by Crippen LogP contribution is 2.57. The van der Waals surface area contributed by atoms with Gasteiger partial charge in [0.1, 0.15) is 17.7 Å². The Labute approximate surface area is 373 Å². The van der Waals surface area contributed by atoms with Crippen molar-refractivity contribution in [2.24, 2.45) is 17.3 Å². The number of rotatable bonds is 21. The van der Waals surface area contributed by atoms with Gasteiger partial charge in [-0.1, -0.05) is 51.0 Å². The molecule has 63 heavy (non-hydrogen) atoms. The Balaban J connectivity index is 1.24. The first-order valence-electron chi connectivity index (χ1n) is 21.9. The SMILES string of the molecule is C=CCCCCC[C@H](Cc1cccc(F)c1)C(=O)N1C[C@H](Oc2nc(-c3nc(C(C)C)cs3)nc3c(C)c(OC)ccc23)C[C@H]1C(=O)C[C@]1(C(=O)NS(=O)(=O)C2(C)CC2)C[C@H]1C=C. The number of amides is 2. The number of ketones is 1. The average molecular weight is 900 g/mol. The zero-order valence-corrected chi connectivity index (χ0v) is 38.5. The summed E-state index contributed by atoms with van der Waals surface area (Å²) in [6.45, 7) is 15.4. The lowest BCUT2D eigenvalue weighted by atomic mass is 9.89. The number of thiazole rings is 1. The van der Waals surface area contributed by atoms with Gasteiger partial charge in [0.25, 0.3) is 0 Å². The lowest BCUT2D eigenvalue weighted by Gasteiger charge is -2.29. The molecule has 4 aromatic rings. The van der Waals surface area contributed by atoms with Crippen LogP contribution in [0.15, 0.2) is 67.1 Å². The number of ether oxygens (including phenoxy) is 2. The molecule has 336 valence electrons. The molecule has 2 aromatic heterocycles. The van der Waals surface area contributed by atoms with Crippen LogP contribution in [0.2, 0.25) is 0 Å². The van der Waals surface area contributed by atoms with Gasteiger partial charge >= 0.3 is 0 Å². The zero-order chi connectivity index (χ0) is 45.3. The number of aromatic nitrogens is 3. The van der Waals surface area contributed by atoms with Crippen LogP contribution in [0.5, 0.6) is 11.6 Å². The summed E-state index contributed by atoms with van der Waals surface area (Å²) in [5.74, 6) is -1.35. The highest BCUT2D eigenvalue weighted by Gasteiger charge is 2.62. The molecule has 0 spiro atoms. The number of sulfonamides is 1. The Kier molecular flexibility index (Phi) is 13.6. The number of fused-ring (bicyclic) bond motifs is 1. The van der Waals surface area contributed by atoms with E-state index in [0.717, 1.165) is 36.9 Å². The average Bonchev–Trinajstić information content (AvgIpc) is 4.04. The van der Waals surface area contributed by atoms with E-state index in [0.29, 0.717) is 52.3 Å². The van der Waals surface area contributed by atoms with Crippen molar-refractivity contribution < 1.29 is 36.7 Å². The lowest BCUT2D eigenvalue weighted by molar-refractivity contribution is -0.142. The first-order valence-corrected chi connectivity index (χ1v) is 24.2. The van der Waals surface area contributed by atoms with Crippen LogP contribution in [0.4, 0.5) is 4.39 Å². The van der Waals surface area contributed by atoms with Crippen molar-refractivity contribution in [1.82, 2.24) is 24.6 Å². The molecule has 3 fully saturated rings. The van der Waals surface area contributed by atoms with Crippen molar-refractivity contribution in [3.05, 3.63) is 89.7 Å². The van der Waals surface area contributed by atoms with Gasteiger partial charge in [0.15, 0.2) is 16.6 Å². The van der Waals surface area contributed by atoms with Crippen LogP contribution >= 0.6 is 11.3 Å². The minimum absolute atomic E-state index is 0.0346. The van der Waals surface area contributed by atoms with Crippen molar-refractivity contribution in [3.63, 3.8) is 0 Å². The second-order valence-corrected chi connectivity index (χ2v) is 21.1. The maximum Gasteiger partial charge on any atom is 0.240 e. The molecule has 12 nitrogen and oxygen atoms in total. The number of likely N-dealkylation sites (tertiary alicyclic amines) is 1.